The molecule has 0 unspecified atom stereocenters. The molecular weight excluding hydrogens is 316 g/mol. The van der Waals surface area contributed by atoms with Crippen molar-refractivity contribution in [3.8, 4) is 5.75 Å². The second-order valence-corrected chi connectivity index (χ2v) is 6.56. The van der Waals surface area contributed by atoms with Gasteiger partial charge in [0.15, 0.2) is 0 Å². The van der Waals surface area contributed by atoms with Gasteiger partial charge in [-0.15, -0.1) is 0 Å². The summed E-state index contributed by atoms with van der Waals surface area (Å²) in [5, 5.41) is 2.91. The Labute approximate surface area is 148 Å². The quantitative estimate of drug-likeness (QED) is 0.908. The zero-order chi connectivity index (χ0) is 18.6. The van der Waals surface area contributed by atoms with Crippen LogP contribution in [-0.4, -0.2) is 37.9 Å². The fourth-order valence-corrected chi connectivity index (χ4v) is 2.45. The molecule has 0 heterocycles. The number of benzene rings is 2. The summed E-state index contributed by atoms with van der Waals surface area (Å²) in [6.45, 7) is 3.74. The molecule has 0 aliphatic rings. The van der Waals surface area contributed by atoms with Crippen molar-refractivity contribution in [1.82, 2.24) is 4.90 Å². The summed E-state index contributed by atoms with van der Waals surface area (Å²) in [6.07, 6.45) is 0. The van der Waals surface area contributed by atoms with Gasteiger partial charge >= 0.3 is 0 Å². The molecule has 0 radical (unpaired) electrons. The number of carbonyl (C=O) groups is 2. The molecule has 0 aliphatic carbocycles. The minimum Gasteiger partial charge on any atom is -0.495 e. The molecule has 5 nitrogen and oxygen atoms in total. The maximum absolute atomic E-state index is 12.8. The second kappa shape index (κ2) is 7.38. The van der Waals surface area contributed by atoms with Gasteiger partial charge in [-0.2, -0.15) is 0 Å². The first-order valence-electron chi connectivity index (χ1n) is 8.04. The van der Waals surface area contributed by atoms with Gasteiger partial charge in [0, 0.05) is 19.7 Å². The van der Waals surface area contributed by atoms with E-state index in [1.807, 2.05) is 44.2 Å². The predicted octanol–water partition coefficient (Wildman–Crippen LogP) is 3.31. The summed E-state index contributed by atoms with van der Waals surface area (Å²) in [6, 6.07) is 14.6. The van der Waals surface area contributed by atoms with Crippen LogP contribution in [0, 0.1) is 0 Å². The van der Waals surface area contributed by atoms with Gasteiger partial charge in [0.1, 0.15) is 5.75 Å². The number of nitrogens with one attached hydrogen (secondary N) is 1. The molecule has 1 N–H and O–H groups in total. The fraction of sp³-hybridized carbons (Fsp3) is 0.300. The zero-order valence-corrected chi connectivity index (χ0v) is 15.3. The zero-order valence-electron chi connectivity index (χ0n) is 15.3. The van der Waals surface area contributed by atoms with E-state index in [1.165, 1.54) is 12.0 Å². The Hall–Kier alpha value is -2.82. The highest BCUT2D eigenvalue weighted by Crippen LogP contribution is 2.30. The third-order valence-electron chi connectivity index (χ3n) is 4.17. The first kappa shape index (κ1) is 18.5. The van der Waals surface area contributed by atoms with Gasteiger partial charge in [-0.05, 0) is 37.6 Å². The molecule has 0 spiro atoms. The summed E-state index contributed by atoms with van der Waals surface area (Å²) in [5.74, 6) is 0.175. The first-order chi connectivity index (χ1) is 11.8. The Morgan fingerprint density at radius 1 is 1.04 bits per heavy atom. The Kier molecular flexibility index (Phi) is 5.47. The summed E-state index contributed by atoms with van der Waals surface area (Å²) in [4.78, 5) is 26.4. The average Bonchev–Trinajstić information content (AvgIpc) is 2.61. The Balaban J connectivity index is 2.27. The lowest BCUT2D eigenvalue weighted by atomic mass is 9.83. The van der Waals surface area contributed by atoms with Gasteiger partial charge in [0.25, 0.3) is 5.91 Å². The van der Waals surface area contributed by atoms with Crippen molar-refractivity contribution < 1.29 is 14.3 Å². The van der Waals surface area contributed by atoms with E-state index in [9.17, 15) is 9.59 Å². The van der Waals surface area contributed by atoms with E-state index in [0.717, 1.165) is 5.56 Å². The van der Waals surface area contributed by atoms with Crippen molar-refractivity contribution in [2.45, 2.75) is 19.3 Å². The van der Waals surface area contributed by atoms with Crippen molar-refractivity contribution in [3.05, 3.63) is 59.7 Å². The van der Waals surface area contributed by atoms with Gasteiger partial charge in [-0.25, -0.2) is 0 Å². The summed E-state index contributed by atoms with van der Waals surface area (Å²) >= 11 is 0. The number of carbonyl (C=O) groups excluding carboxylic acids is 2. The Morgan fingerprint density at radius 3 is 2.24 bits per heavy atom. The van der Waals surface area contributed by atoms with E-state index in [-0.39, 0.29) is 11.8 Å². The lowest BCUT2D eigenvalue weighted by molar-refractivity contribution is -0.120. The number of nitrogens with zero attached hydrogens (tertiary/aromatic N) is 1. The molecule has 2 amide bonds. The summed E-state index contributed by atoms with van der Waals surface area (Å²) in [5.41, 5.74) is 1.25. The van der Waals surface area contributed by atoms with E-state index in [1.54, 1.807) is 32.3 Å². The maximum Gasteiger partial charge on any atom is 0.253 e. The average molecular weight is 340 g/mol. The fourth-order valence-electron chi connectivity index (χ4n) is 2.45. The van der Waals surface area contributed by atoms with E-state index < -0.39 is 5.41 Å². The third-order valence-corrected chi connectivity index (χ3v) is 4.17. The van der Waals surface area contributed by atoms with Crippen LogP contribution in [0.3, 0.4) is 0 Å². The second-order valence-electron chi connectivity index (χ2n) is 6.56. The number of hydrogen-bond donors (Lipinski definition) is 1. The Bertz CT molecular complexity index is 768. The number of ether oxygens (including phenoxy) is 1. The lowest BCUT2D eigenvalue weighted by Crippen LogP contribution is -2.34. The molecule has 5 heteroatoms. The highest BCUT2D eigenvalue weighted by atomic mass is 16.5. The molecule has 0 bridgehead atoms. The molecule has 2 rings (SSSR count). The van der Waals surface area contributed by atoms with Crippen LogP contribution in [0.5, 0.6) is 5.75 Å². The lowest BCUT2D eigenvalue weighted by Gasteiger charge is -2.25. The smallest absolute Gasteiger partial charge is 0.253 e. The van der Waals surface area contributed by atoms with Gasteiger partial charge in [-0.3, -0.25) is 9.59 Å². The summed E-state index contributed by atoms with van der Waals surface area (Å²) in [7, 11) is 4.89. The predicted molar refractivity (Wildman–Crippen MR) is 99.1 cm³/mol. The van der Waals surface area contributed by atoms with E-state index in [0.29, 0.717) is 17.0 Å². The highest BCUT2D eigenvalue weighted by Gasteiger charge is 2.30. The van der Waals surface area contributed by atoms with Crippen LogP contribution in [0.25, 0.3) is 0 Å². The SMILES string of the molecule is COc1cc(C(=O)N(C)C)ccc1NC(=O)C(C)(C)c1ccccc1. The molecule has 0 atom stereocenters. The molecule has 132 valence electrons. The summed E-state index contributed by atoms with van der Waals surface area (Å²) < 4.78 is 5.35. The number of methoxy groups -OCH3 is 1. The van der Waals surface area contributed by atoms with Gasteiger partial charge in [0.2, 0.25) is 5.91 Å². The van der Waals surface area contributed by atoms with Crippen LogP contribution < -0.4 is 10.1 Å². The minimum atomic E-state index is -0.704. The maximum atomic E-state index is 12.8. The molecule has 0 fully saturated rings. The molecular formula is C20H24N2O3. The van der Waals surface area contributed by atoms with Crippen molar-refractivity contribution >= 4 is 17.5 Å². The van der Waals surface area contributed by atoms with Crippen LogP contribution in [0.2, 0.25) is 0 Å². The van der Waals surface area contributed by atoms with E-state index in [4.69, 9.17) is 4.74 Å². The monoisotopic (exact) mass is 340 g/mol. The van der Waals surface area contributed by atoms with Crippen molar-refractivity contribution in [2.75, 3.05) is 26.5 Å². The van der Waals surface area contributed by atoms with Crippen LogP contribution >= 0.6 is 0 Å². The number of rotatable bonds is 5. The van der Waals surface area contributed by atoms with Crippen molar-refractivity contribution in [2.24, 2.45) is 0 Å². The minimum absolute atomic E-state index is 0.124. The molecule has 0 saturated carbocycles. The molecule has 0 aromatic heterocycles. The van der Waals surface area contributed by atoms with Crippen molar-refractivity contribution in [3.63, 3.8) is 0 Å². The van der Waals surface area contributed by atoms with Crippen molar-refractivity contribution in [1.29, 1.82) is 0 Å². The van der Waals surface area contributed by atoms with Crippen LogP contribution in [0.1, 0.15) is 29.8 Å². The Morgan fingerprint density at radius 2 is 1.68 bits per heavy atom. The number of anilines is 1. The molecule has 2 aromatic rings. The van der Waals surface area contributed by atoms with Gasteiger partial charge in [0.05, 0.1) is 18.2 Å². The normalized spacial score (nSPS) is 10.9. The van der Waals surface area contributed by atoms with E-state index >= 15 is 0 Å². The topological polar surface area (TPSA) is 58.6 Å². The third kappa shape index (κ3) is 3.99. The highest BCUT2D eigenvalue weighted by molar-refractivity contribution is 6.01. The van der Waals surface area contributed by atoms with Crippen LogP contribution in [0.4, 0.5) is 5.69 Å². The number of hydrogen-bond acceptors (Lipinski definition) is 3. The standard InChI is InChI=1S/C20H24N2O3/c1-20(2,15-9-7-6-8-10-15)19(24)21-16-12-11-14(13-17(16)25-5)18(23)22(3)4/h6-13H,1-5H3,(H,21,24). The molecule has 2 aromatic carbocycles. The molecule has 0 saturated heterocycles. The molecule has 25 heavy (non-hydrogen) atoms. The number of amides is 2. The molecule has 0 aliphatic heterocycles. The van der Waals surface area contributed by atoms with Gasteiger partial charge in [-0.1, -0.05) is 30.3 Å². The first-order valence-corrected chi connectivity index (χ1v) is 8.04. The van der Waals surface area contributed by atoms with E-state index in [2.05, 4.69) is 5.32 Å². The van der Waals surface area contributed by atoms with Crippen LogP contribution in [-0.2, 0) is 10.2 Å². The largest absolute Gasteiger partial charge is 0.495 e. The van der Waals surface area contributed by atoms with Gasteiger partial charge < -0.3 is 15.0 Å². The van der Waals surface area contributed by atoms with Crippen LogP contribution in [0.15, 0.2) is 48.5 Å².